The van der Waals surface area contributed by atoms with E-state index in [9.17, 15) is 13.2 Å². The summed E-state index contributed by atoms with van der Waals surface area (Å²) in [7, 11) is -3.36. The predicted octanol–water partition coefficient (Wildman–Crippen LogP) is 0.825. The van der Waals surface area contributed by atoms with Crippen molar-refractivity contribution < 1.29 is 13.2 Å². The summed E-state index contributed by atoms with van der Waals surface area (Å²) in [6, 6.07) is 3.41. The molecule has 7 heteroatoms. The lowest BCUT2D eigenvalue weighted by Gasteiger charge is -2.01. The summed E-state index contributed by atoms with van der Waals surface area (Å²) in [6.45, 7) is 1.80. The molecule has 2 N–H and O–H groups in total. The van der Waals surface area contributed by atoms with E-state index in [-0.39, 0.29) is 11.9 Å². The molecule has 0 radical (unpaired) electrons. The van der Waals surface area contributed by atoms with Gasteiger partial charge < -0.3 is 5.32 Å². The highest BCUT2D eigenvalue weighted by atomic mass is 32.2. The van der Waals surface area contributed by atoms with Crippen LogP contribution in [0.4, 0.5) is 0 Å². The molecule has 0 aliphatic heterocycles. The number of carbonyl (C=O) groups excluding carboxylic acids is 1. The van der Waals surface area contributed by atoms with Crippen molar-refractivity contribution in [1.29, 1.82) is 0 Å². The normalized spacial score (nSPS) is 15.8. The number of sulfonamides is 1. The molecule has 0 saturated heterocycles. The fraction of sp³-hybridized carbons (Fsp3) is 0.500. The molecule has 2 rings (SSSR count). The number of rotatable bonds is 5. The van der Waals surface area contributed by atoms with E-state index in [1.165, 1.54) is 18.3 Å². The Hall–Kier alpha value is -0.920. The van der Waals surface area contributed by atoms with E-state index in [0.717, 1.165) is 17.7 Å². The first-order valence-corrected chi connectivity index (χ1v) is 7.63. The van der Waals surface area contributed by atoms with Gasteiger partial charge in [0.2, 0.25) is 15.9 Å². The second kappa shape index (κ2) is 4.75. The van der Waals surface area contributed by atoms with Gasteiger partial charge in [-0.3, -0.25) is 4.79 Å². The van der Waals surface area contributed by atoms with Gasteiger partial charge in [-0.25, -0.2) is 13.1 Å². The van der Waals surface area contributed by atoms with E-state index >= 15 is 0 Å². The lowest BCUT2D eigenvalue weighted by atomic mass is 10.4. The van der Waals surface area contributed by atoms with Gasteiger partial charge in [0.1, 0.15) is 4.21 Å². The Morgan fingerprint density at radius 3 is 2.76 bits per heavy atom. The van der Waals surface area contributed by atoms with Crippen LogP contribution in [-0.4, -0.2) is 20.4 Å². The van der Waals surface area contributed by atoms with Gasteiger partial charge >= 0.3 is 0 Å². The molecular weight excluding hydrogens is 260 g/mol. The van der Waals surface area contributed by atoms with Crippen LogP contribution in [0.3, 0.4) is 0 Å². The van der Waals surface area contributed by atoms with Gasteiger partial charge in [0.25, 0.3) is 0 Å². The summed E-state index contributed by atoms with van der Waals surface area (Å²) >= 11 is 1.19. The summed E-state index contributed by atoms with van der Waals surface area (Å²) < 4.78 is 26.6. The highest BCUT2D eigenvalue weighted by molar-refractivity contribution is 7.91. The zero-order valence-electron chi connectivity index (χ0n) is 9.39. The molecule has 1 aromatic heterocycles. The smallest absolute Gasteiger partial charge is 0.250 e. The van der Waals surface area contributed by atoms with Crippen molar-refractivity contribution in [3.63, 3.8) is 0 Å². The highest BCUT2D eigenvalue weighted by Crippen LogP contribution is 2.26. The average Bonchev–Trinajstić information content (AvgIpc) is 2.90. The number of carbonyl (C=O) groups is 1. The minimum atomic E-state index is -3.36. The molecule has 5 nitrogen and oxygen atoms in total. The zero-order chi connectivity index (χ0) is 12.5. The van der Waals surface area contributed by atoms with Gasteiger partial charge in [-0.15, -0.1) is 11.3 Å². The van der Waals surface area contributed by atoms with Gasteiger partial charge in [0.05, 0.1) is 6.54 Å². The highest BCUT2D eigenvalue weighted by Gasteiger charge is 2.28. The van der Waals surface area contributed by atoms with E-state index in [1.54, 1.807) is 12.1 Å². The van der Waals surface area contributed by atoms with Gasteiger partial charge in [0.15, 0.2) is 0 Å². The Bertz CT molecular complexity index is 517. The SMILES string of the molecule is CC(=O)NCc1ccc(S(=O)(=O)NC2CC2)s1. The number of nitrogens with one attached hydrogen (secondary N) is 2. The van der Waals surface area contributed by atoms with E-state index in [2.05, 4.69) is 10.0 Å². The van der Waals surface area contributed by atoms with Crippen molar-refractivity contribution in [1.82, 2.24) is 10.0 Å². The van der Waals surface area contributed by atoms with E-state index in [4.69, 9.17) is 0 Å². The van der Waals surface area contributed by atoms with E-state index in [0.29, 0.717) is 10.8 Å². The van der Waals surface area contributed by atoms with Crippen molar-refractivity contribution in [2.75, 3.05) is 0 Å². The third-order valence-electron chi connectivity index (χ3n) is 2.31. The molecule has 0 aromatic carbocycles. The summed E-state index contributed by atoms with van der Waals surface area (Å²) in [6.07, 6.45) is 1.84. The van der Waals surface area contributed by atoms with Gasteiger partial charge in [-0.1, -0.05) is 0 Å². The molecule has 1 amide bonds. The number of hydrogen-bond acceptors (Lipinski definition) is 4. The minimum absolute atomic E-state index is 0.112. The Balaban J connectivity index is 2.03. The molecular formula is C10H14N2O3S2. The first-order chi connectivity index (χ1) is 7.97. The van der Waals surface area contributed by atoms with Crippen LogP contribution in [-0.2, 0) is 21.4 Å². The summed E-state index contributed by atoms with van der Waals surface area (Å²) in [5.41, 5.74) is 0. The van der Waals surface area contributed by atoms with Crippen LogP contribution in [0.15, 0.2) is 16.3 Å². The second-order valence-corrected chi connectivity index (χ2v) is 7.14. The molecule has 0 bridgehead atoms. The molecule has 1 aliphatic carbocycles. The maximum atomic E-state index is 11.8. The predicted molar refractivity (Wildman–Crippen MR) is 65.2 cm³/mol. The number of hydrogen-bond donors (Lipinski definition) is 2. The second-order valence-electron chi connectivity index (χ2n) is 4.03. The van der Waals surface area contributed by atoms with E-state index < -0.39 is 10.0 Å². The van der Waals surface area contributed by atoms with E-state index in [1.807, 2.05) is 0 Å². The van der Waals surface area contributed by atoms with Crippen LogP contribution in [0.1, 0.15) is 24.6 Å². The Labute approximate surface area is 104 Å². The van der Waals surface area contributed by atoms with Crippen molar-refractivity contribution in [3.05, 3.63) is 17.0 Å². The molecule has 0 unspecified atom stereocenters. The molecule has 1 heterocycles. The number of amides is 1. The summed E-state index contributed by atoms with van der Waals surface area (Å²) in [5, 5.41) is 2.64. The first kappa shape index (κ1) is 12.5. The maximum absolute atomic E-state index is 11.8. The molecule has 0 spiro atoms. The fourth-order valence-corrected chi connectivity index (χ4v) is 3.91. The maximum Gasteiger partial charge on any atom is 0.250 e. The Kier molecular flexibility index (Phi) is 3.50. The van der Waals surface area contributed by atoms with Crippen molar-refractivity contribution in [2.45, 2.75) is 36.6 Å². The number of thiophene rings is 1. The van der Waals surface area contributed by atoms with Gasteiger partial charge in [0, 0.05) is 17.8 Å². The molecule has 1 aliphatic rings. The zero-order valence-corrected chi connectivity index (χ0v) is 11.0. The van der Waals surface area contributed by atoms with Crippen LogP contribution in [0.25, 0.3) is 0 Å². The summed E-state index contributed by atoms with van der Waals surface area (Å²) in [4.78, 5) is 11.6. The van der Waals surface area contributed by atoms with Crippen LogP contribution in [0.5, 0.6) is 0 Å². The molecule has 1 aromatic rings. The van der Waals surface area contributed by atoms with Crippen LogP contribution in [0.2, 0.25) is 0 Å². The standard InChI is InChI=1S/C10H14N2O3S2/c1-7(13)11-6-9-4-5-10(16-9)17(14,15)12-8-2-3-8/h4-5,8,12H,2-3,6H2,1H3,(H,11,13). The summed E-state index contributed by atoms with van der Waals surface area (Å²) in [5.74, 6) is -0.126. The molecule has 94 valence electrons. The Morgan fingerprint density at radius 1 is 1.47 bits per heavy atom. The van der Waals surface area contributed by atoms with Crippen LogP contribution < -0.4 is 10.0 Å². The minimum Gasteiger partial charge on any atom is -0.351 e. The fourth-order valence-electron chi connectivity index (χ4n) is 1.29. The Morgan fingerprint density at radius 2 is 2.18 bits per heavy atom. The van der Waals surface area contributed by atoms with Gasteiger partial charge in [-0.2, -0.15) is 0 Å². The quantitative estimate of drug-likeness (QED) is 0.835. The third-order valence-corrected chi connectivity index (χ3v) is 5.41. The molecule has 1 fully saturated rings. The molecule has 0 atom stereocenters. The largest absolute Gasteiger partial charge is 0.351 e. The average molecular weight is 274 g/mol. The third kappa shape index (κ3) is 3.52. The monoisotopic (exact) mass is 274 g/mol. The topological polar surface area (TPSA) is 75.3 Å². The van der Waals surface area contributed by atoms with Crippen molar-refractivity contribution in [3.8, 4) is 0 Å². The van der Waals surface area contributed by atoms with Crippen molar-refractivity contribution in [2.24, 2.45) is 0 Å². The van der Waals surface area contributed by atoms with Crippen LogP contribution >= 0.6 is 11.3 Å². The van der Waals surface area contributed by atoms with Crippen LogP contribution in [0, 0.1) is 0 Å². The van der Waals surface area contributed by atoms with Crippen molar-refractivity contribution >= 4 is 27.3 Å². The lowest BCUT2D eigenvalue weighted by molar-refractivity contribution is -0.119. The van der Waals surface area contributed by atoms with Gasteiger partial charge in [-0.05, 0) is 25.0 Å². The first-order valence-electron chi connectivity index (χ1n) is 5.33. The molecule has 17 heavy (non-hydrogen) atoms. The lowest BCUT2D eigenvalue weighted by Crippen LogP contribution is -2.24. The molecule has 1 saturated carbocycles.